The largest absolute Gasteiger partial charge is 0.374 e. The number of anilines is 1. The molecule has 1 aromatic heterocycles. The van der Waals surface area contributed by atoms with Crippen LogP contribution in [0.2, 0.25) is 0 Å². The van der Waals surface area contributed by atoms with E-state index in [-0.39, 0.29) is 6.04 Å². The molecule has 0 saturated carbocycles. The topological polar surface area (TPSA) is 42.1 Å². The number of benzene rings is 1. The van der Waals surface area contributed by atoms with Crippen molar-refractivity contribution < 1.29 is 0 Å². The van der Waals surface area contributed by atoms with Crippen molar-refractivity contribution in [2.45, 2.75) is 33.2 Å². The van der Waals surface area contributed by atoms with Crippen molar-refractivity contribution >= 4 is 16.6 Å². The molecule has 1 aromatic carbocycles. The normalized spacial score (nSPS) is 12.9. The number of fused-ring (bicyclic) bond motifs is 1. The van der Waals surface area contributed by atoms with E-state index in [1.807, 2.05) is 13.0 Å². The number of rotatable bonds is 5. The van der Waals surface area contributed by atoms with Gasteiger partial charge in [0.1, 0.15) is 0 Å². The third-order valence-corrected chi connectivity index (χ3v) is 3.89. The van der Waals surface area contributed by atoms with Gasteiger partial charge in [-0.25, -0.2) is 0 Å². The molecule has 2 N–H and O–H groups in total. The second-order valence-corrected chi connectivity index (χ2v) is 5.92. The zero-order valence-corrected chi connectivity index (χ0v) is 12.9. The molecule has 0 bridgehead atoms. The molecule has 0 fully saturated rings. The second kappa shape index (κ2) is 6.23. The molecular formula is C17H25N3. The molecule has 2 rings (SSSR count). The van der Waals surface area contributed by atoms with Gasteiger partial charge in [-0.2, -0.15) is 0 Å². The fraction of sp³-hybridized carbons (Fsp3) is 0.471. The molecule has 0 radical (unpaired) electrons. The summed E-state index contributed by atoms with van der Waals surface area (Å²) in [6.45, 7) is 7.36. The molecule has 20 heavy (non-hydrogen) atoms. The van der Waals surface area contributed by atoms with Gasteiger partial charge in [-0.05, 0) is 31.4 Å². The number of pyridine rings is 1. The van der Waals surface area contributed by atoms with Gasteiger partial charge in [0.15, 0.2) is 0 Å². The Labute approximate surface area is 121 Å². The van der Waals surface area contributed by atoms with Crippen LogP contribution in [-0.4, -0.2) is 24.6 Å². The van der Waals surface area contributed by atoms with E-state index in [9.17, 15) is 0 Å². The number of nitrogens with two attached hydrogens (primary N) is 1. The van der Waals surface area contributed by atoms with Crippen LogP contribution in [0.4, 0.5) is 5.69 Å². The average molecular weight is 271 g/mol. The summed E-state index contributed by atoms with van der Waals surface area (Å²) < 4.78 is 0. The maximum Gasteiger partial charge on any atom is 0.0726 e. The molecule has 3 heteroatoms. The van der Waals surface area contributed by atoms with Gasteiger partial charge in [0.05, 0.1) is 5.52 Å². The first-order valence-corrected chi connectivity index (χ1v) is 7.32. The lowest BCUT2D eigenvalue weighted by atomic mass is 10.0. The zero-order valence-electron chi connectivity index (χ0n) is 12.9. The highest BCUT2D eigenvalue weighted by Crippen LogP contribution is 2.26. The average Bonchev–Trinajstić information content (AvgIpc) is 2.43. The van der Waals surface area contributed by atoms with Crippen LogP contribution in [0.3, 0.4) is 0 Å². The fourth-order valence-corrected chi connectivity index (χ4v) is 2.40. The van der Waals surface area contributed by atoms with Crippen LogP contribution in [0.15, 0.2) is 30.3 Å². The van der Waals surface area contributed by atoms with Gasteiger partial charge in [-0.1, -0.05) is 32.0 Å². The SMILES string of the molecule is Cc1cc(N(C)CCC(N)C(C)C)c2ccccc2n1. The van der Waals surface area contributed by atoms with Crippen molar-refractivity contribution in [2.24, 2.45) is 11.7 Å². The molecule has 1 heterocycles. The van der Waals surface area contributed by atoms with E-state index in [1.165, 1.54) is 11.1 Å². The second-order valence-electron chi connectivity index (χ2n) is 5.92. The number of hydrogen-bond acceptors (Lipinski definition) is 3. The maximum absolute atomic E-state index is 6.15. The van der Waals surface area contributed by atoms with Crippen molar-refractivity contribution in [1.82, 2.24) is 4.98 Å². The minimum absolute atomic E-state index is 0.256. The summed E-state index contributed by atoms with van der Waals surface area (Å²) in [6.07, 6.45) is 1.00. The molecule has 0 saturated heterocycles. The predicted octanol–water partition coefficient (Wildman–Crippen LogP) is 3.35. The van der Waals surface area contributed by atoms with Crippen molar-refractivity contribution in [3.8, 4) is 0 Å². The lowest BCUT2D eigenvalue weighted by molar-refractivity contribution is 0.466. The van der Waals surface area contributed by atoms with Crippen molar-refractivity contribution in [2.75, 3.05) is 18.5 Å². The first-order valence-electron chi connectivity index (χ1n) is 7.32. The molecule has 0 aliphatic rings. The van der Waals surface area contributed by atoms with Gasteiger partial charge in [0, 0.05) is 36.4 Å². The third kappa shape index (κ3) is 3.28. The fourth-order valence-electron chi connectivity index (χ4n) is 2.40. The van der Waals surface area contributed by atoms with Gasteiger partial charge >= 0.3 is 0 Å². The lowest BCUT2D eigenvalue weighted by Crippen LogP contribution is -2.31. The van der Waals surface area contributed by atoms with Crippen LogP contribution in [0, 0.1) is 12.8 Å². The molecule has 0 amide bonds. The minimum atomic E-state index is 0.256. The molecular weight excluding hydrogens is 246 g/mol. The molecule has 108 valence electrons. The van der Waals surface area contributed by atoms with E-state index in [1.54, 1.807) is 0 Å². The Morgan fingerprint density at radius 2 is 1.95 bits per heavy atom. The highest BCUT2D eigenvalue weighted by molar-refractivity contribution is 5.91. The van der Waals surface area contributed by atoms with E-state index in [2.05, 4.69) is 55.0 Å². The highest BCUT2D eigenvalue weighted by atomic mass is 15.1. The van der Waals surface area contributed by atoms with Gasteiger partial charge in [-0.15, -0.1) is 0 Å². The van der Waals surface area contributed by atoms with Crippen molar-refractivity contribution in [3.63, 3.8) is 0 Å². The Morgan fingerprint density at radius 3 is 2.65 bits per heavy atom. The van der Waals surface area contributed by atoms with E-state index in [0.717, 1.165) is 24.2 Å². The maximum atomic E-state index is 6.15. The first kappa shape index (κ1) is 14.8. The van der Waals surface area contributed by atoms with Gasteiger partial charge in [-0.3, -0.25) is 4.98 Å². The molecule has 1 atom stereocenters. The van der Waals surface area contributed by atoms with Crippen molar-refractivity contribution in [1.29, 1.82) is 0 Å². The number of aromatic nitrogens is 1. The number of hydrogen-bond donors (Lipinski definition) is 1. The number of aryl methyl sites for hydroxylation is 1. The molecule has 2 aromatic rings. The highest BCUT2D eigenvalue weighted by Gasteiger charge is 2.11. The third-order valence-electron chi connectivity index (χ3n) is 3.89. The standard InChI is InChI=1S/C17H25N3/c1-12(2)15(18)9-10-20(4)17-11-13(3)19-16-8-6-5-7-14(16)17/h5-8,11-12,15H,9-10,18H2,1-4H3. The summed E-state index contributed by atoms with van der Waals surface area (Å²) in [5.41, 5.74) is 9.50. The Hall–Kier alpha value is -1.61. The van der Waals surface area contributed by atoms with Crippen LogP contribution >= 0.6 is 0 Å². The summed E-state index contributed by atoms with van der Waals surface area (Å²) in [7, 11) is 2.13. The number of nitrogens with zero attached hydrogens (tertiary/aromatic N) is 2. The smallest absolute Gasteiger partial charge is 0.0726 e. The van der Waals surface area contributed by atoms with Gasteiger partial charge in [0.25, 0.3) is 0 Å². The van der Waals surface area contributed by atoms with Crippen LogP contribution in [-0.2, 0) is 0 Å². The Bertz CT molecular complexity index is 577. The monoisotopic (exact) mass is 271 g/mol. The predicted molar refractivity (Wildman–Crippen MR) is 87.2 cm³/mol. The van der Waals surface area contributed by atoms with E-state index >= 15 is 0 Å². The quantitative estimate of drug-likeness (QED) is 0.906. The van der Waals surface area contributed by atoms with Gasteiger partial charge in [0.2, 0.25) is 0 Å². The zero-order chi connectivity index (χ0) is 14.7. The molecule has 0 aliphatic heterocycles. The first-order chi connectivity index (χ1) is 9.49. The van der Waals surface area contributed by atoms with E-state index in [4.69, 9.17) is 5.73 Å². The number of para-hydroxylation sites is 1. The van der Waals surface area contributed by atoms with Crippen LogP contribution in [0.25, 0.3) is 10.9 Å². The Morgan fingerprint density at radius 1 is 1.25 bits per heavy atom. The molecule has 3 nitrogen and oxygen atoms in total. The lowest BCUT2D eigenvalue weighted by Gasteiger charge is -2.24. The molecule has 1 unspecified atom stereocenters. The molecule has 0 aliphatic carbocycles. The summed E-state index contributed by atoms with van der Waals surface area (Å²) in [6, 6.07) is 10.7. The Kier molecular flexibility index (Phi) is 4.61. The Balaban J connectivity index is 2.23. The molecule has 0 spiro atoms. The summed E-state index contributed by atoms with van der Waals surface area (Å²) >= 11 is 0. The van der Waals surface area contributed by atoms with E-state index in [0.29, 0.717) is 5.92 Å². The minimum Gasteiger partial charge on any atom is -0.374 e. The summed E-state index contributed by atoms with van der Waals surface area (Å²) in [5, 5.41) is 1.21. The summed E-state index contributed by atoms with van der Waals surface area (Å²) in [5.74, 6) is 0.527. The van der Waals surface area contributed by atoms with Crippen LogP contribution < -0.4 is 10.6 Å². The van der Waals surface area contributed by atoms with E-state index < -0.39 is 0 Å². The van der Waals surface area contributed by atoms with Crippen molar-refractivity contribution in [3.05, 3.63) is 36.0 Å². The van der Waals surface area contributed by atoms with Crippen LogP contribution in [0.1, 0.15) is 26.0 Å². The summed E-state index contributed by atoms with van der Waals surface area (Å²) in [4.78, 5) is 6.88. The van der Waals surface area contributed by atoms with Crippen LogP contribution in [0.5, 0.6) is 0 Å². The van der Waals surface area contributed by atoms with Gasteiger partial charge < -0.3 is 10.6 Å².